The summed E-state index contributed by atoms with van der Waals surface area (Å²) >= 11 is 6.08. The maximum Gasteiger partial charge on any atom is 0.0479 e. The molecule has 0 radical (unpaired) electrons. The number of rotatable bonds is 1. The van der Waals surface area contributed by atoms with E-state index in [4.69, 9.17) is 0 Å². The summed E-state index contributed by atoms with van der Waals surface area (Å²) in [7, 11) is 0. The van der Waals surface area contributed by atoms with Gasteiger partial charge in [0, 0.05) is 13.2 Å². The molecule has 68 valence electrons. The van der Waals surface area contributed by atoms with E-state index in [1.807, 2.05) is 23.1 Å². The van der Waals surface area contributed by atoms with Gasteiger partial charge in [-0.3, -0.25) is 0 Å². The van der Waals surface area contributed by atoms with Crippen molar-refractivity contribution in [1.82, 2.24) is 0 Å². The van der Waals surface area contributed by atoms with Gasteiger partial charge in [-0.05, 0) is 64.2 Å². The average Bonchev–Trinajstić information content (AvgIpc) is 2.60. The zero-order chi connectivity index (χ0) is 9.42. The SMILES string of the molecule is CSc1cc(I)c2sccc2c1C. The third kappa shape index (κ3) is 1.62. The second-order valence-corrected chi connectivity index (χ2v) is 5.78. The van der Waals surface area contributed by atoms with Crippen molar-refractivity contribution >= 4 is 55.8 Å². The first-order valence-corrected chi connectivity index (χ1v) is 7.12. The quantitative estimate of drug-likeness (QED) is 0.549. The molecule has 0 nitrogen and oxygen atoms in total. The summed E-state index contributed by atoms with van der Waals surface area (Å²) in [4.78, 5) is 1.40. The van der Waals surface area contributed by atoms with Crippen LogP contribution in [0.3, 0.4) is 0 Å². The molecule has 2 rings (SSSR count). The van der Waals surface area contributed by atoms with Gasteiger partial charge in [-0.2, -0.15) is 0 Å². The predicted octanol–water partition coefficient (Wildman–Crippen LogP) is 4.54. The molecule has 0 unspecified atom stereocenters. The number of aryl methyl sites for hydroxylation is 1. The topological polar surface area (TPSA) is 0 Å². The number of fused-ring (bicyclic) bond motifs is 1. The Balaban J connectivity index is 2.85. The van der Waals surface area contributed by atoms with E-state index in [9.17, 15) is 0 Å². The first-order chi connectivity index (χ1) is 6.24. The molecule has 0 fully saturated rings. The van der Waals surface area contributed by atoms with E-state index in [1.54, 1.807) is 0 Å². The lowest BCUT2D eigenvalue weighted by molar-refractivity contribution is 1.35. The second kappa shape index (κ2) is 3.79. The normalized spacial score (nSPS) is 11.0. The maximum absolute atomic E-state index is 2.42. The van der Waals surface area contributed by atoms with Gasteiger partial charge in [0.05, 0.1) is 0 Å². The summed E-state index contributed by atoms with van der Waals surface area (Å²) in [6, 6.07) is 4.50. The standard InChI is InChI=1S/C10H9IS2/c1-6-7-3-4-13-10(7)8(11)5-9(6)12-2/h3-5H,1-2H3. The van der Waals surface area contributed by atoms with E-state index in [0.717, 1.165) is 0 Å². The molecule has 0 aliphatic carbocycles. The van der Waals surface area contributed by atoms with E-state index in [-0.39, 0.29) is 0 Å². The number of hydrogen-bond donors (Lipinski definition) is 0. The molecular weight excluding hydrogens is 311 g/mol. The summed E-state index contributed by atoms with van der Waals surface area (Å²) in [5.74, 6) is 0. The lowest BCUT2D eigenvalue weighted by Gasteiger charge is -2.05. The Bertz CT molecular complexity index is 445. The van der Waals surface area contributed by atoms with Crippen LogP contribution in [0, 0.1) is 10.5 Å². The third-order valence-corrected chi connectivity index (χ3v) is 5.16. The molecule has 0 aliphatic heterocycles. The fourth-order valence-corrected chi connectivity index (χ4v) is 4.13. The van der Waals surface area contributed by atoms with Crippen molar-refractivity contribution in [2.45, 2.75) is 11.8 Å². The largest absolute Gasteiger partial charge is 0.143 e. The smallest absolute Gasteiger partial charge is 0.0479 e. The molecule has 0 spiro atoms. The van der Waals surface area contributed by atoms with Crippen LogP contribution in [0.15, 0.2) is 22.4 Å². The molecule has 13 heavy (non-hydrogen) atoms. The molecule has 1 heterocycles. The summed E-state index contributed by atoms with van der Waals surface area (Å²) in [5, 5.41) is 3.59. The van der Waals surface area contributed by atoms with Gasteiger partial charge in [0.25, 0.3) is 0 Å². The lowest BCUT2D eigenvalue weighted by Crippen LogP contribution is -1.82. The average molecular weight is 320 g/mol. The van der Waals surface area contributed by atoms with Crippen molar-refractivity contribution in [1.29, 1.82) is 0 Å². The van der Waals surface area contributed by atoms with Gasteiger partial charge in [0.1, 0.15) is 0 Å². The molecule has 1 aromatic carbocycles. The summed E-state index contributed by atoms with van der Waals surface area (Å²) < 4.78 is 2.80. The van der Waals surface area contributed by atoms with E-state index < -0.39 is 0 Å². The van der Waals surface area contributed by atoms with Crippen LogP contribution in [-0.2, 0) is 0 Å². The lowest BCUT2D eigenvalue weighted by atomic mass is 10.1. The van der Waals surface area contributed by atoms with Gasteiger partial charge in [0.2, 0.25) is 0 Å². The summed E-state index contributed by atoms with van der Waals surface area (Å²) in [6.45, 7) is 2.21. The minimum absolute atomic E-state index is 1.37. The van der Waals surface area contributed by atoms with Gasteiger partial charge in [-0.15, -0.1) is 23.1 Å². The van der Waals surface area contributed by atoms with Crippen LogP contribution >= 0.6 is 45.7 Å². The monoisotopic (exact) mass is 320 g/mol. The minimum atomic E-state index is 1.37. The van der Waals surface area contributed by atoms with Gasteiger partial charge in [0.15, 0.2) is 0 Å². The molecular formula is C10H9IS2. The highest BCUT2D eigenvalue weighted by molar-refractivity contribution is 14.1. The predicted molar refractivity (Wildman–Crippen MR) is 71.1 cm³/mol. The van der Waals surface area contributed by atoms with Crippen LogP contribution in [0.1, 0.15) is 5.56 Å². The van der Waals surface area contributed by atoms with Crippen LogP contribution in [0.4, 0.5) is 0 Å². The van der Waals surface area contributed by atoms with Crippen LogP contribution in [0.5, 0.6) is 0 Å². The first kappa shape index (κ1) is 9.80. The molecule has 1 aromatic heterocycles. The Hall–Kier alpha value is 0.260. The highest BCUT2D eigenvalue weighted by Crippen LogP contribution is 2.34. The maximum atomic E-state index is 2.42. The molecule has 0 aliphatic rings. The highest BCUT2D eigenvalue weighted by Gasteiger charge is 2.07. The summed E-state index contributed by atoms with van der Waals surface area (Å²) in [6.07, 6.45) is 2.14. The minimum Gasteiger partial charge on any atom is -0.143 e. The first-order valence-electron chi connectivity index (χ1n) is 3.94. The molecule has 3 heteroatoms. The van der Waals surface area contributed by atoms with Crippen LogP contribution in [0.2, 0.25) is 0 Å². The number of hydrogen-bond acceptors (Lipinski definition) is 2. The Labute approximate surface area is 99.9 Å². The van der Waals surface area contributed by atoms with Crippen LogP contribution < -0.4 is 0 Å². The Morgan fingerprint density at radius 1 is 1.46 bits per heavy atom. The molecule has 0 bridgehead atoms. The van der Waals surface area contributed by atoms with Gasteiger partial charge in [-0.25, -0.2) is 0 Å². The van der Waals surface area contributed by atoms with Crippen molar-refractivity contribution in [2.24, 2.45) is 0 Å². The fraction of sp³-hybridized carbons (Fsp3) is 0.200. The number of thiophene rings is 1. The van der Waals surface area contributed by atoms with Gasteiger partial charge < -0.3 is 0 Å². The summed E-state index contributed by atoms with van der Waals surface area (Å²) in [5.41, 5.74) is 1.42. The third-order valence-electron chi connectivity index (χ3n) is 2.13. The highest BCUT2D eigenvalue weighted by atomic mass is 127. The molecule has 0 atom stereocenters. The molecule has 0 amide bonds. The van der Waals surface area contributed by atoms with Gasteiger partial charge >= 0.3 is 0 Å². The molecule has 0 N–H and O–H groups in total. The van der Waals surface area contributed by atoms with E-state index in [2.05, 4.69) is 53.3 Å². The number of benzene rings is 1. The van der Waals surface area contributed by atoms with Crippen molar-refractivity contribution in [3.8, 4) is 0 Å². The molecule has 0 saturated heterocycles. The zero-order valence-corrected chi connectivity index (χ0v) is 11.2. The van der Waals surface area contributed by atoms with Crippen molar-refractivity contribution < 1.29 is 0 Å². The Morgan fingerprint density at radius 3 is 2.92 bits per heavy atom. The van der Waals surface area contributed by atoms with E-state index in [0.29, 0.717) is 0 Å². The number of halogens is 1. The molecule has 2 aromatic rings. The molecule has 0 saturated carbocycles. The van der Waals surface area contributed by atoms with Crippen molar-refractivity contribution in [3.63, 3.8) is 0 Å². The fourth-order valence-electron chi connectivity index (χ4n) is 1.42. The second-order valence-electron chi connectivity index (χ2n) is 2.85. The Kier molecular flexibility index (Phi) is 2.86. The van der Waals surface area contributed by atoms with Crippen LogP contribution in [-0.4, -0.2) is 6.26 Å². The van der Waals surface area contributed by atoms with E-state index >= 15 is 0 Å². The zero-order valence-electron chi connectivity index (χ0n) is 7.43. The number of thioether (sulfide) groups is 1. The van der Waals surface area contributed by atoms with Crippen LogP contribution in [0.25, 0.3) is 10.1 Å². The van der Waals surface area contributed by atoms with Crippen molar-refractivity contribution in [2.75, 3.05) is 6.26 Å². The Morgan fingerprint density at radius 2 is 2.23 bits per heavy atom. The van der Waals surface area contributed by atoms with E-state index in [1.165, 1.54) is 24.1 Å². The van der Waals surface area contributed by atoms with Gasteiger partial charge in [-0.1, -0.05) is 0 Å². The van der Waals surface area contributed by atoms with Crippen molar-refractivity contribution in [3.05, 3.63) is 26.6 Å².